The van der Waals surface area contributed by atoms with Crippen LogP contribution in [0.2, 0.25) is 0 Å². The number of carbonyl (C=O) groups excluding carboxylic acids is 2. The predicted octanol–water partition coefficient (Wildman–Crippen LogP) is 5.13. The van der Waals surface area contributed by atoms with E-state index in [1.165, 1.54) is 0 Å². The van der Waals surface area contributed by atoms with Crippen molar-refractivity contribution >= 4 is 17.3 Å². The molecule has 7 heteroatoms. The van der Waals surface area contributed by atoms with Gasteiger partial charge in [0.15, 0.2) is 11.6 Å². The second kappa shape index (κ2) is 13.2. The summed E-state index contributed by atoms with van der Waals surface area (Å²) in [4.78, 5) is 36.0. The Balaban J connectivity index is 1.41. The Morgan fingerprint density at radius 2 is 1.83 bits per heavy atom. The molecule has 3 aliphatic rings. The lowest BCUT2D eigenvalue weighted by atomic mass is 9.84. The maximum atomic E-state index is 13.8. The molecule has 41 heavy (non-hydrogen) atoms. The smallest absolute Gasteiger partial charge is 0.163 e. The average Bonchev–Trinajstić information content (AvgIpc) is 2.97. The van der Waals surface area contributed by atoms with E-state index < -0.39 is 0 Å². The van der Waals surface area contributed by atoms with Crippen molar-refractivity contribution in [3.8, 4) is 11.1 Å². The van der Waals surface area contributed by atoms with Crippen molar-refractivity contribution in [2.24, 2.45) is 5.92 Å². The van der Waals surface area contributed by atoms with Crippen molar-refractivity contribution in [3.63, 3.8) is 0 Å². The van der Waals surface area contributed by atoms with Crippen LogP contribution < -0.4 is 10.2 Å². The summed E-state index contributed by atoms with van der Waals surface area (Å²) in [5, 5.41) is 3.46. The Morgan fingerprint density at radius 1 is 1.07 bits per heavy atom. The molecule has 2 aromatic rings. The Morgan fingerprint density at radius 3 is 2.51 bits per heavy atom. The lowest BCUT2D eigenvalue weighted by Gasteiger charge is -2.35. The largest absolute Gasteiger partial charge is 0.379 e. The van der Waals surface area contributed by atoms with Gasteiger partial charge in [-0.15, -0.1) is 0 Å². The van der Waals surface area contributed by atoms with Crippen LogP contribution in [0.3, 0.4) is 0 Å². The molecule has 3 heterocycles. The van der Waals surface area contributed by atoms with E-state index in [1.807, 2.05) is 26.1 Å². The number of morpholine rings is 1. The number of ketones is 2. The van der Waals surface area contributed by atoms with E-state index in [4.69, 9.17) is 9.72 Å². The number of hydrogen-bond acceptors (Lipinski definition) is 7. The van der Waals surface area contributed by atoms with Gasteiger partial charge in [-0.25, -0.2) is 0 Å². The zero-order valence-corrected chi connectivity index (χ0v) is 25.0. The van der Waals surface area contributed by atoms with Crippen LogP contribution in [0.1, 0.15) is 61.1 Å². The summed E-state index contributed by atoms with van der Waals surface area (Å²) in [6.07, 6.45) is 8.72. The van der Waals surface area contributed by atoms with Crippen molar-refractivity contribution < 1.29 is 14.3 Å². The Hall–Kier alpha value is -3.13. The highest BCUT2D eigenvalue weighted by atomic mass is 16.5. The number of nitrogens with one attached hydrogen (secondary N) is 1. The SMILES string of the molecule is CC1=CC(=O)C(CCC(=O)c2cc(-c3ccc(CN4CCOCC4)nc3)cc(N(C)C3CCNCC3)c2C)C(C)=C1. The number of Topliss-reactive ketones (excluding diaryl/α,β-unsaturated/α-hetero) is 1. The van der Waals surface area contributed by atoms with E-state index in [1.54, 1.807) is 6.08 Å². The van der Waals surface area contributed by atoms with Crippen LogP contribution >= 0.6 is 0 Å². The maximum Gasteiger partial charge on any atom is 0.163 e. The molecule has 2 saturated heterocycles. The third-order valence-corrected chi connectivity index (χ3v) is 8.94. The summed E-state index contributed by atoms with van der Waals surface area (Å²) in [6.45, 7) is 12.2. The molecule has 0 radical (unpaired) electrons. The summed E-state index contributed by atoms with van der Waals surface area (Å²) < 4.78 is 5.48. The van der Waals surface area contributed by atoms with Crippen molar-refractivity contribution in [3.05, 3.63) is 70.6 Å². The van der Waals surface area contributed by atoms with E-state index in [2.05, 4.69) is 53.4 Å². The molecule has 218 valence electrons. The number of hydrogen-bond donors (Lipinski definition) is 1. The van der Waals surface area contributed by atoms with Crippen LogP contribution in [0.4, 0.5) is 5.69 Å². The first kappa shape index (κ1) is 29.4. The minimum absolute atomic E-state index is 0.0908. The van der Waals surface area contributed by atoms with E-state index in [0.29, 0.717) is 18.9 Å². The second-order valence-electron chi connectivity index (χ2n) is 11.9. The van der Waals surface area contributed by atoms with Gasteiger partial charge < -0.3 is 15.0 Å². The molecule has 7 nitrogen and oxygen atoms in total. The molecule has 0 amide bonds. The molecule has 1 aromatic heterocycles. The van der Waals surface area contributed by atoms with Crippen molar-refractivity contribution in [1.29, 1.82) is 0 Å². The molecule has 2 aliphatic heterocycles. The fourth-order valence-corrected chi connectivity index (χ4v) is 6.42. The quantitative estimate of drug-likeness (QED) is 0.429. The van der Waals surface area contributed by atoms with Crippen LogP contribution in [0.5, 0.6) is 0 Å². The molecule has 1 atom stereocenters. The first-order valence-corrected chi connectivity index (χ1v) is 15.1. The lowest BCUT2D eigenvalue weighted by molar-refractivity contribution is -0.117. The zero-order chi connectivity index (χ0) is 28.9. The van der Waals surface area contributed by atoms with Gasteiger partial charge in [0.25, 0.3) is 0 Å². The van der Waals surface area contributed by atoms with Crippen molar-refractivity contribution in [2.45, 2.75) is 59.0 Å². The molecule has 5 rings (SSSR count). The van der Waals surface area contributed by atoms with Gasteiger partial charge in [-0.1, -0.05) is 17.7 Å². The Labute approximate surface area is 244 Å². The number of nitrogens with zero attached hydrogens (tertiary/aromatic N) is 3. The number of piperidine rings is 1. The standard InChI is InChI=1S/C34H44N4O3/c1-23-17-24(2)30(34(40)18-23)7-8-33(39)31-19-27(20-32(25(31)3)37(4)29-9-11-35-12-10-29)26-5-6-28(36-21-26)22-38-13-15-41-16-14-38/h5-6,17-21,29-30,35H,7-16,22H2,1-4H3. The second-order valence-corrected chi connectivity index (χ2v) is 11.9. The molecule has 1 aromatic carbocycles. The molecule has 0 bridgehead atoms. The number of rotatable bonds is 9. The van der Waals surface area contributed by atoms with Gasteiger partial charge in [0.1, 0.15) is 0 Å². The van der Waals surface area contributed by atoms with Crippen LogP contribution in [0, 0.1) is 12.8 Å². The van der Waals surface area contributed by atoms with Gasteiger partial charge in [-0.3, -0.25) is 19.5 Å². The minimum Gasteiger partial charge on any atom is -0.379 e. The van der Waals surface area contributed by atoms with E-state index in [-0.39, 0.29) is 17.5 Å². The van der Waals surface area contributed by atoms with Crippen molar-refractivity contribution in [2.75, 3.05) is 51.3 Å². The Bertz CT molecular complexity index is 1320. The monoisotopic (exact) mass is 556 g/mol. The van der Waals surface area contributed by atoms with Gasteiger partial charge >= 0.3 is 0 Å². The average molecular weight is 557 g/mol. The molecule has 1 N–H and O–H groups in total. The number of carbonyl (C=O) groups is 2. The van der Waals surface area contributed by atoms with E-state index in [0.717, 1.165) is 104 Å². The number of benzene rings is 1. The summed E-state index contributed by atoms with van der Waals surface area (Å²) in [5.41, 5.74) is 7.92. The fraction of sp³-hybridized carbons (Fsp3) is 0.500. The molecule has 2 fully saturated rings. The third kappa shape index (κ3) is 7.03. The van der Waals surface area contributed by atoms with Gasteiger partial charge in [-0.2, -0.15) is 0 Å². The van der Waals surface area contributed by atoms with E-state index >= 15 is 0 Å². The zero-order valence-electron chi connectivity index (χ0n) is 25.0. The topological polar surface area (TPSA) is 74.8 Å². The molecule has 0 saturated carbocycles. The summed E-state index contributed by atoms with van der Waals surface area (Å²) in [7, 11) is 2.16. The molecular formula is C34H44N4O3. The van der Waals surface area contributed by atoms with Gasteiger partial charge in [0, 0.05) is 68.1 Å². The summed E-state index contributed by atoms with van der Waals surface area (Å²) in [5.74, 6) is -0.0188. The number of anilines is 1. The van der Waals surface area contributed by atoms with Crippen LogP contribution in [0.15, 0.2) is 53.8 Å². The highest BCUT2D eigenvalue weighted by Gasteiger charge is 2.26. The Kier molecular flexibility index (Phi) is 9.48. The minimum atomic E-state index is -0.216. The molecule has 1 aliphatic carbocycles. The number of pyridine rings is 1. The summed E-state index contributed by atoms with van der Waals surface area (Å²) in [6, 6.07) is 8.90. The lowest BCUT2D eigenvalue weighted by Crippen LogP contribution is -2.41. The van der Waals surface area contributed by atoms with Gasteiger partial charge in [0.05, 0.1) is 18.9 Å². The third-order valence-electron chi connectivity index (χ3n) is 8.94. The molecular weight excluding hydrogens is 512 g/mol. The van der Waals surface area contributed by atoms with E-state index in [9.17, 15) is 9.59 Å². The fourth-order valence-electron chi connectivity index (χ4n) is 6.42. The van der Waals surface area contributed by atoms with Crippen molar-refractivity contribution in [1.82, 2.24) is 15.2 Å². The number of allylic oxidation sites excluding steroid dienone is 4. The van der Waals surface area contributed by atoms with Crippen LogP contribution in [-0.2, 0) is 16.1 Å². The highest BCUT2D eigenvalue weighted by Crippen LogP contribution is 2.34. The maximum absolute atomic E-state index is 13.8. The normalized spacial score (nSPS) is 20.5. The number of ether oxygens (including phenoxy) is 1. The first-order valence-electron chi connectivity index (χ1n) is 15.1. The van der Waals surface area contributed by atoms with Gasteiger partial charge in [0.2, 0.25) is 0 Å². The number of aromatic nitrogens is 1. The highest BCUT2D eigenvalue weighted by molar-refractivity contribution is 6.01. The van der Waals surface area contributed by atoms with Crippen LogP contribution in [0.25, 0.3) is 11.1 Å². The first-order chi connectivity index (χ1) is 19.8. The molecule has 1 unspecified atom stereocenters. The predicted molar refractivity (Wildman–Crippen MR) is 164 cm³/mol. The van der Waals surface area contributed by atoms with Gasteiger partial charge in [-0.05, 0) is 94.1 Å². The molecule has 0 spiro atoms. The summed E-state index contributed by atoms with van der Waals surface area (Å²) >= 11 is 0. The van der Waals surface area contributed by atoms with Crippen LogP contribution in [-0.4, -0.2) is 73.9 Å².